The number of carbonyl (C=O) groups excluding carboxylic acids is 1. The fourth-order valence-corrected chi connectivity index (χ4v) is 5.05. The number of hydrogen-bond acceptors (Lipinski definition) is 5. The second-order valence-corrected chi connectivity index (χ2v) is 9.92. The number of likely N-dealkylation sites (N-methyl/N-ethyl adjacent to an activating group) is 1. The Morgan fingerprint density at radius 1 is 1.18 bits per heavy atom. The summed E-state index contributed by atoms with van der Waals surface area (Å²) in [6.07, 6.45) is -2.22. The number of rotatable bonds is 5. The Labute approximate surface area is 192 Å². The van der Waals surface area contributed by atoms with Gasteiger partial charge in [0.05, 0.1) is 16.0 Å². The zero-order valence-corrected chi connectivity index (χ0v) is 18.9. The average Bonchev–Trinajstić information content (AvgIpc) is 3.36. The highest BCUT2D eigenvalue weighted by molar-refractivity contribution is 7.89. The van der Waals surface area contributed by atoms with Crippen molar-refractivity contribution in [2.75, 3.05) is 7.05 Å². The molecule has 3 aromatic rings. The minimum Gasteiger partial charge on any atom is -0.408 e. The lowest BCUT2D eigenvalue weighted by molar-refractivity contribution is -0.137. The Bertz CT molecular complexity index is 1390. The van der Waals surface area contributed by atoms with E-state index < -0.39 is 27.5 Å². The number of oxazole rings is 1. The zero-order chi connectivity index (χ0) is 24.8. The van der Waals surface area contributed by atoms with Crippen molar-refractivity contribution in [1.29, 1.82) is 0 Å². The van der Waals surface area contributed by atoms with Crippen LogP contribution in [0.5, 0.6) is 0 Å². The molecule has 4 rings (SSSR count). The highest BCUT2D eigenvalue weighted by Gasteiger charge is 2.35. The van der Waals surface area contributed by atoms with E-state index in [2.05, 4.69) is 0 Å². The van der Waals surface area contributed by atoms with Crippen LogP contribution in [0.4, 0.5) is 13.2 Å². The molecule has 1 saturated carbocycles. The lowest BCUT2D eigenvalue weighted by atomic mass is 9.92. The van der Waals surface area contributed by atoms with Crippen LogP contribution in [-0.4, -0.2) is 36.9 Å². The van der Waals surface area contributed by atoms with Crippen LogP contribution in [0.25, 0.3) is 11.1 Å². The van der Waals surface area contributed by atoms with Gasteiger partial charge in [0.15, 0.2) is 5.58 Å². The van der Waals surface area contributed by atoms with Gasteiger partial charge < -0.3 is 9.32 Å². The number of fused-ring (bicyclic) bond motifs is 1. The average molecular weight is 497 g/mol. The molecule has 1 heterocycles. The van der Waals surface area contributed by atoms with E-state index in [4.69, 9.17) is 9.56 Å². The van der Waals surface area contributed by atoms with Gasteiger partial charge in [-0.1, -0.05) is 18.6 Å². The molecule has 2 unspecified atom stereocenters. The van der Waals surface area contributed by atoms with Crippen LogP contribution in [-0.2, 0) is 27.5 Å². The number of hydrogen-bond donors (Lipinski definition) is 1. The third-order valence-corrected chi connectivity index (χ3v) is 7.21. The second kappa shape index (κ2) is 8.58. The molecule has 0 spiro atoms. The summed E-state index contributed by atoms with van der Waals surface area (Å²) in [4.78, 5) is 26.7. The molecule has 1 amide bonds. The predicted octanol–water partition coefficient (Wildman–Crippen LogP) is 3.06. The molecule has 34 heavy (non-hydrogen) atoms. The van der Waals surface area contributed by atoms with Crippen LogP contribution in [0.15, 0.2) is 56.6 Å². The number of benzene rings is 2. The van der Waals surface area contributed by atoms with Gasteiger partial charge in [-0.2, -0.15) is 13.2 Å². The largest absolute Gasteiger partial charge is 0.420 e. The van der Waals surface area contributed by atoms with Crippen molar-refractivity contribution in [3.05, 3.63) is 64.1 Å². The molecule has 1 aromatic heterocycles. The number of halogens is 3. The number of alkyl halides is 3. The second-order valence-electron chi connectivity index (χ2n) is 8.36. The van der Waals surface area contributed by atoms with Gasteiger partial charge in [-0.05, 0) is 42.7 Å². The van der Waals surface area contributed by atoms with Crippen molar-refractivity contribution < 1.29 is 30.8 Å². The molecule has 1 aliphatic carbocycles. The number of primary sulfonamides is 1. The van der Waals surface area contributed by atoms with Crippen LogP contribution in [0.2, 0.25) is 0 Å². The molecule has 2 N–H and O–H groups in total. The number of amides is 1. The fourth-order valence-electron chi connectivity index (χ4n) is 4.52. The van der Waals surface area contributed by atoms with E-state index in [0.29, 0.717) is 6.42 Å². The van der Waals surface area contributed by atoms with Crippen molar-refractivity contribution in [2.45, 2.75) is 48.8 Å². The Hall–Kier alpha value is -3.12. The monoisotopic (exact) mass is 497 g/mol. The maximum absolute atomic E-state index is 13.0. The summed E-state index contributed by atoms with van der Waals surface area (Å²) in [6.45, 7) is -0.340. The van der Waals surface area contributed by atoms with Crippen molar-refractivity contribution in [2.24, 2.45) is 5.14 Å². The highest BCUT2D eigenvalue weighted by atomic mass is 32.2. The van der Waals surface area contributed by atoms with E-state index in [1.54, 1.807) is 7.05 Å². The maximum Gasteiger partial charge on any atom is 0.420 e. The maximum atomic E-state index is 13.0. The number of nitrogens with two attached hydrogens (primary N) is 1. The molecule has 182 valence electrons. The summed E-state index contributed by atoms with van der Waals surface area (Å²) in [6, 6.07) is 8.41. The molecule has 1 aliphatic rings. The normalized spacial score (nSPS) is 19.0. The molecular weight excluding hydrogens is 475 g/mol. The standard InChI is InChI=1S/C22H22F3N3O5S/c1-27(17-4-2-3-16(17)13-5-7-14(8-6-13)22(23,24)25)20(29)12-28-18-10-9-15(34(26,31)32)11-19(18)33-21(28)30/h5-11,16-17H,2-4,12H2,1H3,(H2,26,31,32). The van der Waals surface area contributed by atoms with Gasteiger partial charge >= 0.3 is 11.9 Å². The van der Waals surface area contributed by atoms with Gasteiger partial charge in [-0.25, -0.2) is 18.4 Å². The first kappa shape index (κ1) is 24.0. The van der Waals surface area contributed by atoms with Crippen molar-refractivity contribution >= 4 is 27.0 Å². The first-order valence-electron chi connectivity index (χ1n) is 10.5. The topological polar surface area (TPSA) is 116 Å². The van der Waals surface area contributed by atoms with Crippen LogP contribution in [0, 0.1) is 0 Å². The van der Waals surface area contributed by atoms with Crippen molar-refractivity contribution in [3.63, 3.8) is 0 Å². The van der Waals surface area contributed by atoms with Crippen LogP contribution in [0.3, 0.4) is 0 Å². The Morgan fingerprint density at radius 2 is 1.85 bits per heavy atom. The van der Waals surface area contributed by atoms with E-state index >= 15 is 0 Å². The van der Waals surface area contributed by atoms with Gasteiger partial charge in [-0.15, -0.1) is 0 Å². The number of carbonyl (C=O) groups is 1. The summed E-state index contributed by atoms with van der Waals surface area (Å²) in [5, 5.41) is 5.10. The van der Waals surface area contributed by atoms with E-state index in [1.165, 1.54) is 29.2 Å². The Balaban J connectivity index is 1.55. The SMILES string of the molecule is CN(C(=O)Cn1c(=O)oc2cc(S(N)(=O)=O)ccc21)C1CCCC1c1ccc(C(F)(F)F)cc1. The van der Waals surface area contributed by atoms with Gasteiger partial charge in [0.25, 0.3) is 0 Å². The smallest absolute Gasteiger partial charge is 0.408 e. The number of sulfonamides is 1. The van der Waals surface area contributed by atoms with Crippen LogP contribution < -0.4 is 10.9 Å². The highest BCUT2D eigenvalue weighted by Crippen LogP contribution is 2.39. The zero-order valence-electron chi connectivity index (χ0n) is 18.1. The van der Waals surface area contributed by atoms with Crippen molar-refractivity contribution in [1.82, 2.24) is 9.47 Å². The van der Waals surface area contributed by atoms with Crippen molar-refractivity contribution in [3.8, 4) is 0 Å². The summed E-state index contributed by atoms with van der Waals surface area (Å²) in [5.74, 6) is -1.34. The lowest BCUT2D eigenvalue weighted by Crippen LogP contribution is -2.41. The molecule has 0 bridgehead atoms. The van der Waals surface area contributed by atoms with Gasteiger partial charge in [0, 0.05) is 25.1 Å². The molecule has 0 saturated heterocycles. The summed E-state index contributed by atoms with van der Waals surface area (Å²) in [7, 11) is -2.40. The molecule has 12 heteroatoms. The third-order valence-electron chi connectivity index (χ3n) is 6.30. The summed E-state index contributed by atoms with van der Waals surface area (Å²) in [5.41, 5.74) is 0.212. The Kier molecular flexibility index (Phi) is 6.06. The van der Waals surface area contributed by atoms with Gasteiger partial charge in [0.1, 0.15) is 6.54 Å². The lowest BCUT2D eigenvalue weighted by Gasteiger charge is -2.30. The molecule has 0 radical (unpaired) electrons. The van der Waals surface area contributed by atoms with E-state index in [0.717, 1.165) is 41.2 Å². The molecule has 1 fully saturated rings. The predicted molar refractivity (Wildman–Crippen MR) is 116 cm³/mol. The van der Waals surface area contributed by atoms with E-state index in [1.807, 2.05) is 0 Å². The summed E-state index contributed by atoms with van der Waals surface area (Å²) < 4.78 is 67.9. The quantitative estimate of drug-likeness (QED) is 0.582. The first-order valence-corrected chi connectivity index (χ1v) is 12.0. The van der Waals surface area contributed by atoms with Gasteiger partial charge in [-0.3, -0.25) is 9.36 Å². The molecule has 0 aliphatic heterocycles. The number of aromatic nitrogens is 1. The van der Waals surface area contributed by atoms with Crippen LogP contribution >= 0.6 is 0 Å². The molecular formula is C22H22F3N3O5S. The van der Waals surface area contributed by atoms with Gasteiger partial charge in [0.2, 0.25) is 15.9 Å². The minimum absolute atomic E-state index is 0.0181. The Morgan fingerprint density at radius 3 is 2.47 bits per heavy atom. The number of nitrogens with zero attached hydrogens (tertiary/aromatic N) is 2. The molecule has 8 nitrogen and oxygen atoms in total. The van der Waals surface area contributed by atoms with E-state index in [-0.39, 0.29) is 40.4 Å². The molecule has 2 atom stereocenters. The third kappa shape index (κ3) is 4.60. The summed E-state index contributed by atoms with van der Waals surface area (Å²) >= 11 is 0. The minimum atomic E-state index is -4.42. The first-order chi connectivity index (χ1) is 15.9. The van der Waals surface area contributed by atoms with Crippen LogP contribution in [0.1, 0.15) is 36.3 Å². The molecule has 2 aromatic carbocycles. The van der Waals surface area contributed by atoms with E-state index in [9.17, 15) is 31.2 Å². The fraction of sp³-hybridized carbons (Fsp3) is 0.364.